The summed E-state index contributed by atoms with van der Waals surface area (Å²) in [5, 5.41) is 16.8. The summed E-state index contributed by atoms with van der Waals surface area (Å²) in [5.41, 5.74) is 17.4. The van der Waals surface area contributed by atoms with Gasteiger partial charge in [-0.2, -0.15) is 0 Å². The maximum atomic E-state index is 11.4. The molecular weight excluding hydrogens is 510 g/mol. The van der Waals surface area contributed by atoms with Gasteiger partial charge in [-0.1, -0.05) is 85.3 Å². The second kappa shape index (κ2) is 14.0. The summed E-state index contributed by atoms with van der Waals surface area (Å²) < 4.78 is 0. The standard InChI is InChI=1S/C35H43N3OS/c1-6-25-16-27-12-14-30(22-37-20-26-10-8-24(5)9-11-26)38-21-29(27)18-32(34(39)17-25)31-15-13-28(19-33(31)36)35(23(3)4)40-7-2/h7-13,15,18-19,21,25,34,37,39H,2,6,14,16-17,20,22,36H2,1,3-5H3. The zero-order chi connectivity index (χ0) is 28.6. The normalized spacial score (nSPS) is 19.1. The van der Waals surface area contributed by atoms with Crippen molar-refractivity contribution >= 4 is 33.6 Å². The molecule has 2 aromatic rings. The van der Waals surface area contributed by atoms with E-state index in [4.69, 9.17) is 10.7 Å². The summed E-state index contributed by atoms with van der Waals surface area (Å²) in [6.07, 6.45) is 9.33. The molecule has 0 aromatic heterocycles. The smallest absolute Gasteiger partial charge is 0.0799 e. The molecule has 0 bridgehead atoms. The molecule has 4 rings (SSSR count). The van der Waals surface area contributed by atoms with E-state index in [1.54, 1.807) is 11.8 Å². The Labute approximate surface area is 244 Å². The molecule has 2 aromatic carbocycles. The maximum Gasteiger partial charge on any atom is 0.0799 e. The van der Waals surface area contributed by atoms with Crippen LogP contribution in [-0.2, 0) is 6.54 Å². The number of rotatable bonds is 9. The fourth-order valence-electron chi connectivity index (χ4n) is 5.36. The maximum absolute atomic E-state index is 11.4. The minimum absolute atomic E-state index is 0.385. The van der Waals surface area contributed by atoms with Gasteiger partial charge in [0.2, 0.25) is 0 Å². The molecule has 1 aliphatic carbocycles. The number of thioether (sulfide) groups is 1. The lowest BCUT2D eigenvalue weighted by molar-refractivity contribution is 0.192. The van der Waals surface area contributed by atoms with Crippen molar-refractivity contribution in [2.45, 2.75) is 66.0 Å². The lowest BCUT2D eigenvalue weighted by Crippen LogP contribution is -2.22. The molecule has 2 unspecified atom stereocenters. The van der Waals surface area contributed by atoms with E-state index < -0.39 is 6.10 Å². The van der Waals surface area contributed by atoms with Crippen LogP contribution in [0.4, 0.5) is 5.69 Å². The van der Waals surface area contributed by atoms with Gasteiger partial charge in [-0.05, 0) is 84.9 Å². The summed E-state index contributed by atoms with van der Waals surface area (Å²) >= 11 is 1.61. The number of nitrogens with one attached hydrogen (secondary N) is 1. The predicted octanol–water partition coefficient (Wildman–Crippen LogP) is 8.21. The molecular formula is C35H43N3OS. The third-order valence-corrected chi connectivity index (χ3v) is 8.76. The second-order valence-corrected chi connectivity index (χ2v) is 12.0. The number of nitrogens with zero attached hydrogens (tertiary/aromatic N) is 1. The molecule has 1 aliphatic heterocycles. The number of nitrogens with two attached hydrogens (primary N) is 1. The Morgan fingerprint density at radius 3 is 2.62 bits per heavy atom. The highest BCUT2D eigenvalue weighted by atomic mass is 32.2. The highest BCUT2D eigenvalue weighted by Crippen LogP contribution is 2.39. The highest BCUT2D eigenvalue weighted by molar-refractivity contribution is 8.10. The third-order valence-electron chi connectivity index (χ3n) is 7.71. The van der Waals surface area contributed by atoms with Crippen LogP contribution in [0.5, 0.6) is 0 Å². The van der Waals surface area contributed by atoms with Gasteiger partial charge in [0.15, 0.2) is 0 Å². The molecule has 0 saturated heterocycles. The Morgan fingerprint density at radius 2 is 1.95 bits per heavy atom. The van der Waals surface area contributed by atoms with Gasteiger partial charge in [0.05, 0.1) is 6.10 Å². The molecule has 0 fully saturated rings. The van der Waals surface area contributed by atoms with Crippen LogP contribution in [0.3, 0.4) is 0 Å². The van der Waals surface area contributed by atoms with Crippen LogP contribution in [0.15, 0.2) is 94.5 Å². The Balaban J connectivity index is 1.63. The molecule has 1 heterocycles. The predicted molar refractivity (Wildman–Crippen MR) is 175 cm³/mol. The molecule has 4 nitrogen and oxygen atoms in total. The zero-order valence-electron chi connectivity index (χ0n) is 24.3. The molecule has 0 radical (unpaired) electrons. The van der Waals surface area contributed by atoms with E-state index in [9.17, 15) is 5.11 Å². The first-order valence-electron chi connectivity index (χ1n) is 14.2. The van der Waals surface area contributed by atoms with Crippen molar-refractivity contribution in [2.75, 3.05) is 12.3 Å². The van der Waals surface area contributed by atoms with Crippen LogP contribution in [0, 0.1) is 12.8 Å². The molecule has 0 spiro atoms. The topological polar surface area (TPSA) is 70.6 Å². The zero-order valence-corrected chi connectivity index (χ0v) is 25.2. The monoisotopic (exact) mass is 553 g/mol. The Kier molecular flexibility index (Phi) is 10.4. The number of aliphatic imine (C=N–C) groups is 1. The van der Waals surface area contributed by atoms with E-state index in [0.29, 0.717) is 18.0 Å². The van der Waals surface area contributed by atoms with E-state index >= 15 is 0 Å². The number of aryl methyl sites for hydroxylation is 1. The number of fused-ring (bicyclic) bond motifs is 1. The van der Waals surface area contributed by atoms with Crippen molar-refractivity contribution in [2.24, 2.45) is 10.9 Å². The number of hydrogen-bond donors (Lipinski definition) is 3. The first-order chi connectivity index (χ1) is 19.3. The molecule has 4 N–H and O–H groups in total. The number of nitrogen functional groups attached to an aromatic ring is 1. The Hall–Kier alpha value is -3.12. The fourth-order valence-corrected chi connectivity index (χ4v) is 6.02. The molecule has 2 atom stereocenters. The van der Waals surface area contributed by atoms with Gasteiger partial charge in [-0.3, -0.25) is 4.99 Å². The van der Waals surface area contributed by atoms with E-state index in [1.165, 1.54) is 22.3 Å². The minimum atomic E-state index is -0.589. The van der Waals surface area contributed by atoms with Crippen LogP contribution in [0.25, 0.3) is 10.5 Å². The highest BCUT2D eigenvalue weighted by Gasteiger charge is 2.25. The molecule has 0 saturated carbocycles. The first kappa shape index (κ1) is 29.9. The number of benzene rings is 2. The van der Waals surface area contributed by atoms with E-state index in [-0.39, 0.29) is 0 Å². The summed E-state index contributed by atoms with van der Waals surface area (Å²) in [7, 11) is 0. The van der Waals surface area contributed by atoms with Gasteiger partial charge >= 0.3 is 0 Å². The van der Waals surface area contributed by atoms with Crippen LogP contribution >= 0.6 is 11.8 Å². The van der Waals surface area contributed by atoms with Crippen molar-refractivity contribution in [3.05, 3.63) is 112 Å². The number of allylic oxidation sites excluding steroid dienone is 5. The lowest BCUT2D eigenvalue weighted by atomic mass is 9.81. The van der Waals surface area contributed by atoms with Gasteiger partial charge in [-0.15, -0.1) is 0 Å². The van der Waals surface area contributed by atoms with Crippen molar-refractivity contribution in [3.63, 3.8) is 0 Å². The molecule has 5 heteroatoms. The van der Waals surface area contributed by atoms with Crippen molar-refractivity contribution in [3.8, 4) is 0 Å². The lowest BCUT2D eigenvalue weighted by Gasteiger charge is -2.27. The van der Waals surface area contributed by atoms with Crippen LogP contribution in [0.1, 0.15) is 68.7 Å². The number of hydrogen-bond acceptors (Lipinski definition) is 5. The quantitative estimate of drug-likeness (QED) is 0.274. The third kappa shape index (κ3) is 7.54. The molecule has 40 heavy (non-hydrogen) atoms. The van der Waals surface area contributed by atoms with E-state index in [0.717, 1.165) is 65.2 Å². The van der Waals surface area contributed by atoms with Crippen molar-refractivity contribution in [1.82, 2.24) is 5.32 Å². The average Bonchev–Trinajstić information content (AvgIpc) is 3.11. The molecule has 210 valence electrons. The van der Waals surface area contributed by atoms with Gasteiger partial charge in [0.1, 0.15) is 0 Å². The fraction of sp³-hybridized carbons (Fsp3) is 0.343. The summed E-state index contributed by atoms with van der Waals surface area (Å²) in [4.78, 5) is 6.05. The number of aliphatic hydroxyl groups excluding tert-OH is 1. The first-order valence-corrected chi connectivity index (χ1v) is 15.1. The SMILES string of the molecule is C=CSC(=C(C)C)c1ccc(C2=CC3=CN=C(CNCc4ccc(C)cc4)CC=C3CC(CC)CC2O)c(N)c1. The summed E-state index contributed by atoms with van der Waals surface area (Å²) in [6.45, 7) is 13.9. The number of aliphatic hydroxyl groups is 1. The van der Waals surface area contributed by atoms with Gasteiger partial charge in [-0.25, -0.2) is 0 Å². The van der Waals surface area contributed by atoms with Gasteiger partial charge in [0, 0.05) is 47.6 Å². The number of anilines is 1. The molecule has 2 aliphatic rings. The Morgan fingerprint density at radius 1 is 1.18 bits per heavy atom. The van der Waals surface area contributed by atoms with Crippen LogP contribution < -0.4 is 11.1 Å². The second-order valence-electron chi connectivity index (χ2n) is 11.0. The van der Waals surface area contributed by atoms with Crippen molar-refractivity contribution < 1.29 is 5.11 Å². The van der Waals surface area contributed by atoms with Crippen molar-refractivity contribution in [1.29, 1.82) is 0 Å². The average molecular weight is 554 g/mol. The largest absolute Gasteiger partial charge is 0.398 e. The van der Waals surface area contributed by atoms with Crippen LogP contribution in [0.2, 0.25) is 0 Å². The van der Waals surface area contributed by atoms with E-state index in [2.05, 4.69) is 88.1 Å². The summed E-state index contributed by atoms with van der Waals surface area (Å²) in [6, 6.07) is 14.8. The Bertz CT molecular complexity index is 1370. The summed E-state index contributed by atoms with van der Waals surface area (Å²) in [5.74, 6) is 0.385. The minimum Gasteiger partial charge on any atom is -0.398 e. The van der Waals surface area contributed by atoms with Gasteiger partial charge in [0.25, 0.3) is 0 Å². The molecule has 0 amide bonds. The van der Waals surface area contributed by atoms with Gasteiger partial charge < -0.3 is 16.2 Å². The van der Waals surface area contributed by atoms with E-state index in [1.807, 2.05) is 17.7 Å². The van der Waals surface area contributed by atoms with Crippen LogP contribution in [-0.4, -0.2) is 23.5 Å².